The number of nitrogens with zero attached hydrogens (tertiary/aromatic N) is 1. The summed E-state index contributed by atoms with van der Waals surface area (Å²) in [6.45, 7) is 2.22. The number of rotatable bonds is 4. The number of hydrogen-bond acceptors (Lipinski definition) is 3. The maximum Gasteiger partial charge on any atom is 0.240 e. The molecule has 2 aromatic carbocycles. The van der Waals surface area contributed by atoms with Gasteiger partial charge in [0.05, 0.1) is 4.90 Å². The summed E-state index contributed by atoms with van der Waals surface area (Å²) in [4.78, 5) is 13.7. The molecular weight excluding hydrogens is 331 g/mol. The summed E-state index contributed by atoms with van der Waals surface area (Å²) in [6, 6.07) is 11.5. The van der Waals surface area contributed by atoms with E-state index in [4.69, 9.17) is 0 Å². The summed E-state index contributed by atoms with van der Waals surface area (Å²) in [5.41, 5.74) is 1.83. The minimum absolute atomic E-state index is 0.0230. The Kier molecular flexibility index (Phi) is 4.38. The van der Waals surface area contributed by atoms with Gasteiger partial charge in [0.1, 0.15) is 5.82 Å². The number of anilines is 1. The number of nitrogens with one attached hydrogen (secondary N) is 1. The van der Waals surface area contributed by atoms with Crippen LogP contribution in [0.25, 0.3) is 0 Å². The van der Waals surface area contributed by atoms with Gasteiger partial charge in [-0.15, -0.1) is 0 Å². The molecule has 0 bridgehead atoms. The van der Waals surface area contributed by atoms with Crippen molar-refractivity contribution in [2.24, 2.45) is 0 Å². The van der Waals surface area contributed by atoms with Crippen molar-refractivity contribution in [2.75, 3.05) is 11.4 Å². The zero-order chi connectivity index (χ0) is 17.3. The van der Waals surface area contributed by atoms with Crippen LogP contribution in [0.15, 0.2) is 53.4 Å². The topological polar surface area (TPSA) is 66.5 Å². The summed E-state index contributed by atoms with van der Waals surface area (Å²) in [6.07, 6.45) is 0.0916. The normalized spacial score (nSPS) is 18.2. The largest absolute Gasteiger partial charge is 0.311 e. The van der Waals surface area contributed by atoms with E-state index in [1.54, 1.807) is 4.90 Å². The van der Waals surface area contributed by atoms with E-state index in [2.05, 4.69) is 4.72 Å². The number of carbonyl (C=O) groups is 1. The Bertz CT molecular complexity index is 848. The van der Waals surface area contributed by atoms with Gasteiger partial charge in [0.25, 0.3) is 0 Å². The molecular formula is C17H17FN2O3S. The Hall–Kier alpha value is -2.25. The monoisotopic (exact) mass is 348 g/mol. The average Bonchev–Trinajstić information content (AvgIpc) is 2.88. The molecule has 5 nitrogen and oxygen atoms in total. The lowest BCUT2D eigenvalue weighted by molar-refractivity contribution is -0.117. The number of hydrogen-bond donors (Lipinski definition) is 1. The van der Waals surface area contributed by atoms with E-state index in [0.29, 0.717) is 0 Å². The van der Waals surface area contributed by atoms with E-state index in [0.717, 1.165) is 23.4 Å². The quantitative estimate of drug-likeness (QED) is 0.921. The minimum atomic E-state index is -3.79. The van der Waals surface area contributed by atoms with Crippen LogP contribution in [0.5, 0.6) is 0 Å². The lowest BCUT2D eigenvalue weighted by atomic mass is 10.2. The van der Waals surface area contributed by atoms with Crippen molar-refractivity contribution in [3.8, 4) is 0 Å². The summed E-state index contributed by atoms with van der Waals surface area (Å²) >= 11 is 0. The van der Waals surface area contributed by atoms with E-state index < -0.39 is 21.9 Å². The van der Waals surface area contributed by atoms with Crippen LogP contribution in [-0.4, -0.2) is 26.9 Å². The summed E-state index contributed by atoms with van der Waals surface area (Å²) in [5.74, 6) is -0.638. The molecule has 1 heterocycles. The van der Waals surface area contributed by atoms with Gasteiger partial charge in [-0.2, -0.15) is 0 Å². The number of sulfonamides is 1. The van der Waals surface area contributed by atoms with E-state index in [9.17, 15) is 17.6 Å². The Morgan fingerprint density at radius 3 is 2.33 bits per heavy atom. The van der Waals surface area contributed by atoms with Crippen molar-refractivity contribution in [3.63, 3.8) is 0 Å². The highest BCUT2D eigenvalue weighted by Gasteiger charge is 2.33. The summed E-state index contributed by atoms with van der Waals surface area (Å²) in [5, 5.41) is 0. The third-order valence-corrected chi connectivity index (χ3v) is 5.45. The first-order chi connectivity index (χ1) is 11.3. The van der Waals surface area contributed by atoms with Crippen LogP contribution in [0.4, 0.5) is 10.1 Å². The predicted octanol–water partition coefficient (Wildman–Crippen LogP) is 2.22. The first-order valence-corrected chi connectivity index (χ1v) is 8.98. The fourth-order valence-electron chi connectivity index (χ4n) is 2.66. The SMILES string of the molecule is Cc1ccc(N2C[C@@H](NS(=O)(=O)c3ccc(F)cc3)CC2=O)cc1. The molecule has 2 aromatic rings. The number of halogens is 1. The van der Waals surface area contributed by atoms with E-state index in [-0.39, 0.29) is 23.8 Å². The van der Waals surface area contributed by atoms with Crippen molar-refractivity contribution in [1.29, 1.82) is 0 Å². The van der Waals surface area contributed by atoms with Crippen molar-refractivity contribution in [2.45, 2.75) is 24.3 Å². The van der Waals surface area contributed by atoms with Crippen LogP contribution in [0.3, 0.4) is 0 Å². The third kappa shape index (κ3) is 3.47. The average molecular weight is 348 g/mol. The fraction of sp³-hybridized carbons (Fsp3) is 0.235. The van der Waals surface area contributed by atoms with Gasteiger partial charge >= 0.3 is 0 Å². The first-order valence-electron chi connectivity index (χ1n) is 7.50. The number of aryl methyl sites for hydroxylation is 1. The third-order valence-electron chi connectivity index (χ3n) is 3.92. The number of carbonyl (C=O) groups excluding carboxylic acids is 1. The molecule has 126 valence electrons. The highest BCUT2D eigenvalue weighted by atomic mass is 32.2. The van der Waals surface area contributed by atoms with Crippen molar-refractivity contribution in [1.82, 2.24) is 4.72 Å². The van der Waals surface area contributed by atoms with Gasteiger partial charge < -0.3 is 4.90 Å². The van der Waals surface area contributed by atoms with Crippen molar-refractivity contribution in [3.05, 3.63) is 59.9 Å². The van der Waals surface area contributed by atoms with Crippen LogP contribution in [-0.2, 0) is 14.8 Å². The second-order valence-corrected chi connectivity index (χ2v) is 7.53. The van der Waals surface area contributed by atoms with Gasteiger partial charge in [-0.05, 0) is 43.3 Å². The molecule has 0 saturated carbocycles. The summed E-state index contributed by atoms with van der Waals surface area (Å²) in [7, 11) is -3.79. The van der Waals surface area contributed by atoms with E-state index in [1.807, 2.05) is 31.2 Å². The van der Waals surface area contributed by atoms with E-state index in [1.165, 1.54) is 12.1 Å². The molecule has 1 N–H and O–H groups in total. The maximum absolute atomic E-state index is 12.9. The molecule has 1 saturated heterocycles. The molecule has 1 fully saturated rings. The van der Waals surface area contributed by atoms with Gasteiger partial charge in [-0.25, -0.2) is 17.5 Å². The van der Waals surface area contributed by atoms with E-state index >= 15 is 0 Å². The minimum Gasteiger partial charge on any atom is -0.311 e. The number of benzene rings is 2. The molecule has 1 atom stereocenters. The second-order valence-electron chi connectivity index (χ2n) is 5.82. The zero-order valence-corrected chi connectivity index (χ0v) is 13.9. The predicted molar refractivity (Wildman–Crippen MR) is 88.7 cm³/mol. The highest BCUT2D eigenvalue weighted by Crippen LogP contribution is 2.23. The van der Waals surface area contributed by atoms with Crippen molar-refractivity contribution < 1.29 is 17.6 Å². The maximum atomic E-state index is 12.9. The first kappa shape index (κ1) is 16.6. The van der Waals surface area contributed by atoms with Gasteiger partial charge in [0.2, 0.25) is 15.9 Å². The molecule has 0 spiro atoms. The second kappa shape index (κ2) is 6.33. The highest BCUT2D eigenvalue weighted by molar-refractivity contribution is 7.89. The van der Waals surface area contributed by atoms with Crippen LogP contribution in [0, 0.1) is 12.7 Å². The van der Waals surface area contributed by atoms with Gasteiger partial charge in [-0.1, -0.05) is 17.7 Å². The fourth-order valence-corrected chi connectivity index (χ4v) is 3.89. The van der Waals surface area contributed by atoms with Crippen LogP contribution in [0.2, 0.25) is 0 Å². The lowest BCUT2D eigenvalue weighted by Crippen LogP contribution is -2.37. The Morgan fingerprint density at radius 1 is 1.08 bits per heavy atom. The standard InChI is InChI=1S/C17H17FN2O3S/c1-12-2-6-15(7-3-12)20-11-14(10-17(20)21)19-24(22,23)16-8-4-13(18)5-9-16/h2-9,14,19H,10-11H2,1H3/t14-/m0/s1. The molecule has 0 aromatic heterocycles. The van der Waals surface area contributed by atoms with Crippen LogP contribution in [0.1, 0.15) is 12.0 Å². The van der Waals surface area contributed by atoms with Crippen molar-refractivity contribution >= 4 is 21.6 Å². The van der Waals surface area contributed by atoms with Crippen LogP contribution < -0.4 is 9.62 Å². The Morgan fingerprint density at radius 2 is 1.71 bits per heavy atom. The molecule has 0 aliphatic carbocycles. The zero-order valence-electron chi connectivity index (χ0n) is 13.1. The number of amides is 1. The smallest absolute Gasteiger partial charge is 0.240 e. The Labute approximate surface area is 140 Å². The molecule has 0 unspecified atom stereocenters. The molecule has 1 amide bonds. The molecule has 7 heteroatoms. The van der Waals surface area contributed by atoms with Gasteiger partial charge in [0.15, 0.2) is 0 Å². The molecule has 24 heavy (non-hydrogen) atoms. The molecule has 1 aliphatic rings. The van der Waals surface area contributed by atoms with Gasteiger partial charge in [0, 0.05) is 24.7 Å². The molecule has 3 rings (SSSR count). The molecule has 1 aliphatic heterocycles. The molecule has 0 radical (unpaired) electrons. The Balaban J connectivity index is 1.74. The lowest BCUT2D eigenvalue weighted by Gasteiger charge is -2.17. The summed E-state index contributed by atoms with van der Waals surface area (Å²) < 4.78 is 40.1. The van der Waals surface area contributed by atoms with Gasteiger partial charge in [-0.3, -0.25) is 4.79 Å². The van der Waals surface area contributed by atoms with Crippen LogP contribution >= 0.6 is 0 Å².